The van der Waals surface area contributed by atoms with Crippen molar-refractivity contribution in [1.29, 1.82) is 0 Å². The lowest BCUT2D eigenvalue weighted by atomic mass is 9.98. The van der Waals surface area contributed by atoms with E-state index in [1.807, 2.05) is 48.5 Å². The number of carbonyl (C=O) groups is 5. The second-order valence-electron chi connectivity index (χ2n) is 9.31. The van der Waals surface area contributed by atoms with E-state index in [1.54, 1.807) is 0 Å². The number of nitrogens with one attached hydrogen (secondary N) is 1. The number of hydrogen-bond donors (Lipinski definition) is 6. The van der Waals surface area contributed by atoms with E-state index in [2.05, 4.69) is 5.32 Å². The molecule has 5 rings (SSSR count). The van der Waals surface area contributed by atoms with E-state index in [0.29, 0.717) is 0 Å². The summed E-state index contributed by atoms with van der Waals surface area (Å²) >= 11 is 0. The third kappa shape index (κ3) is 6.95. The predicted octanol–water partition coefficient (Wildman–Crippen LogP) is 5.11. The van der Waals surface area contributed by atoms with Crippen LogP contribution in [0.1, 0.15) is 58.5 Å². The second-order valence-corrected chi connectivity index (χ2v) is 9.31. The summed E-state index contributed by atoms with van der Waals surface area (Å²) in [5.41, 5.74) is 9.04. The summed E-state index contributed by atoms with van der Waals surface area (Å²) in [6.45, 7) is 0.0876. The van der Waals surface area contributed by atoms with Gasteiger partial charge >= 0.3 is 30.0 Å². The van der Waals surface area contributed by atoms with Crippen molar-refractivity contribution in [1.82, 2.24) is 0 Å². The van der Waals surface area contributed by atoms with Crippen LogP contribution in [0.4, 0.5) is 16.2 Å². The maximum atomic E-state index is 12.3. The predicted molar refractivity (Wildman–Crippen MR) is 154 cm³/mol. The smallest absolute Gasteiger partial charge is 0.411 e. The van der Waals surface area contributed by atoms with Crippen molar-refractivity contribution < 1.29 is 49.1 Å². The SMILES string of the molecule is Nc1cc(C(=O)O)cc(C(=O)O)c1.O=C(Nc1cc(C(=O)O)cc(C(=O)O)c1)OCC1c2ccccc2-c2ccccc21. The van der Waals surface area contributed by atoms with Crippen LogP contribution in [0.25, 0.3) is 11.1 Å². The zero-order valence-electron chi connectivity index (χ0n) is 22.2. The largest absolute Gasteiger partial charge is 0.478 e. The number of carbonyl (C=O) groups excluding carboxylic acids is 1. The highest BCUT2D eigenvalue weighted by molar-refractivity contribution is 5.97. The molecule has 218 valence electrons. The topological polar surface area (TPSA) is 214 Å². The molecule has 4 aromatic rings. The number of rotatable bonds is 7. The number of fused-ring (bicyclic) bond motifs is 3. The molecular formula is C31H24N2O10. The average Bonchev–Trinajstić information content (AvgIpc) is 3.29. The number of nitrogens with two attached hydrogens (primary N) is 1. The van der Waals surface area contributed by atoms with E-state index >= 15 is 0 Å². The minimum Gasteiger partial charge on any atom is -0.478 e. The molecular weight excluding hydrogens is 560 g/mol. The third-order valence-electron chi connectivity index (χ3n) is 6.47. The summed E-state index contributed by atoms with van der Waals surface area (Å²) < 4.78 is 5.40. The molecule has 1 amide bonds. The van der Waals surface area contributed by atoms with Gasteiger partial charge in [-0.15, -0.1) is 0 Å². The molecule has 0 saturated carbocycles. The fraction of sp³-hybridized carbons (Fsp3) is 0.0645. The molecule has 1 aliphatic rings. The average molecular weight is 585 g/mol. The highest BCUT2D eigenvalue weighted by Gasteiger charge is 2.29. The minimum absolute atomic E-state index is 0.0320. The number of anilines is 2. The van der Waals surface area contributed by atoms with Gasteiger partial charge < -0.3 is 30.9 Å². The number of ether oxygens (including phenoxy) is 1. The minimum atomic E-state index is -1.30. The first-order valence-electron chi connectivity index (χ1n) is 12.6. The van der Waals surface area contributed by atoms with Crippen LogP contribution in [-0.2, 0) is 4.74 Å². The van der Waals surface area contributed by atoms with E-state index in [1.165, 1.54) is 24.3 Å². The number of carboxylic acid groups (broad SMARTS) is 4. The quantitative estimate of drug-likeness (QED) is 0.157. The lowest BCUT2D eigenvalue weighted by Gasteiger charge is -2.15. The summed E-state index contributed by atoms with van der Waals surface area (Å²) in [6.07, 6.45) is -0.796. The second kappa shape index (κ2) is 12.6. The lowest BCUT2D eigenvalue weighted by Crippen LogP contribution is -2.18. The van der Waals surface area contributed by atoms with Gasteiger partial charge in [-0.2, -0.15) is 0 Å². The zero-order valence-corrected chi connectivity index (χ0v) is 22.2. The molecule has 43 heavy (non-hydrogen) atoms. The maximum absolute atomic E-state index is 12.3. The highest BCUT2D eigenvalue weighted by Crippen LogP contribution is 2.44. The van der Waals surface area contributed by atoms with E-state index in [9.17, 15) is 24.0 Å². The summed E-state index contributed by atoms with van der Waals surface area (Å²) in [6, 6.07) is 22.7. The van der Waals surface area contributed by atoms with E-state index in [4.69, 9.17) is 30.9 Å². The fourth-order valence-electron chi connectivity index (χ4n) is 4.60. The van der Waals surface area contributed by atoms with Gasteiger partial charge in [0.05, 0.1) is 22.3 Å². The highest BCUT2D eigenvalue weighted by atomic mass is 16.5. The Hall–Kier alpha value is -6.17. The number of carboxylic acids is 4. The monoisotopic (exact) mass is 584 g/mol. The van der Waals surface area contributed by atoms with Gasteiger partial charge in [-0.1, -0.05) is 48.5 Å². The van der Waals surface area contributed by atoms with Gasteiger partial charge in [-0.3, -0.25) is 5.32 Å². The number of amides is 1. The number of aromatic carboxylic acids is 4. The number of benzene rings is 4. The van der Waals surface area contributed by atoms with Crippen LogP contribution >= 0.6 is 0 Å². The molecule has 0 fully saturated rings. The molecule has 0 aliphatic heterocycles. The molecule has 0 radical (unpaired) electrons. The van der Waals surface area contributed by atoms with Crippen LogP contribution < -0.4 is 11.1 Å². The van der Waals surface area contributed by atoms with Crippen LogP contribution in [-0.4, -0.2) is 57.0 Å². The van der Waals surface area contributed by atoms with Crippen molar-refractivity contribution in [2.75, 3.05) is 17.7 Å². The molecule has 0 bridgehead atoms. The Morgan fingerprint density at radius 3 is 1.44 bits per heavy atom. The first-order chi connectivity index (χ1) is 20.4. The molecule has 7 N–H and O–H groups in total. The van der Waals surface area contributed by atoms with Gasteiger partial charge in [0.25, 0.3) is 0 Å². The fourth-order valence-corrected chi connectivity index (χ4v) is 4.60. The van der Waals surface area contributed by atoms with Crippen LogP contribution in [0.3, 0.4) is 0 Å². The molecule has 0 spiro atoms. The van der Waals surface area contributed by atoms with Crippen molar-refractivity contribution in [3.05, 3.63) is 118 Å². The van der Waals surface area contributed by atoms with Crippen molar-refractivity contribution in [3.63, 3.8) is 0 Å². The van der Waals surface area contributed by atoms with Gasteiger partial charge in [0.1, 0.15) is 6.61 Å². The summed E-state index contributed by atoms with van der Waals surface area (Å²) in [5, 5.41) is 37.8. The molecule has 0 saturated heterocycles. The Kier molecular flexibility index (Phi) is 8.70. The van der Waals surface area contributed by atoms with Crippen LogP contribution in [0.15, 0.2) is 84.9 Å². The normalized spacial score (nSPS) is 11.3. The summed E-state index contributed by atoms with van der Waals surface area (Å²) in [5.74, 6) is -5.12. The van der Waals surface area contributed by atoms with Crippen molar-refractivity contribution in [3.8, 4) is 11.1 Å². The van der Waals surface area contributed by atoms with Crippen LogP contribution in [0.5, 0.6) is 0 Å². The lowest BCUT2D eigenvalue weighted by molar-refractivity contribution is 0.0676. The summed E-state index contributed by atoms with van der Waals surface area (Å²) in [7, 11) is 0. The van der Waals surface area contributed by atoms with E-state index < -0.39 is 30.0 Å². The zero-order chi connectivity index (χ0) is 31.3. The van der Waals surface area contributed by atoms with Crippen molar-refractivity contribution >= 4 is 41.3 Å². The van der Waals surface area contributed by atoms with Crippen molar-refractivity contribution in [2.45, 2.75) is 5.92 Å². The third-order valence-corrected chi connectivity index (χ3v) is 6.47. The molecule has 12 nitrogen and oxygen atoms in total. The Labute approximate surface area is 243 Å². The van der Waals surface area contributed by atoms with Gasteiger partial charge in [0.15, 0.2) is 0 Å². The number of hydrogen-bond acceptors (Lipinski definition) is 7. The molecule has 0 atom stereocenters. The molecule has 0 unspecified atom stereocenters. The van der Waals surface area contributed by atoms with E-state index in [0.717, 1.165) is 34.4 Å². The first-order valence-corrected chi connectivity index (χ1v) is 12.6. The summed E-state index contributed by atoms with van der Waals surface area (Å²) in [4.78, 5) is 55.7. The molecule has 12 heteroatoms. The Morgan fingerprint density at radius 2 is 1.02 bits per heavy atom. The molecule has 4 aromatic carbocycles. The van der Waals surface area contributed by atoms with Crippen molar-refractivity contribution in [2.24, 2.45) is 0 Å². The molecule has 1 aliphatic carbocycles. The Balaban J connectivity index is 0.000000273. The van der Waals surface area contributed by atoms with Gasteiger partial charge in [0.2, 0.25) is 0 Å². The number of nitrogen functional groups attached to an aromatic ring is 1. The molecule has 0 heterocycles. The van der Waals surface area contributed by atoms with Gasteiger partial charge in [0, 0.05) is 17.3 Å². The van der Waals surface area contributed by atoms with Crippen LogP contribution in [0, 0.1) is 0 Å². The van der Waals surface area contributed by atoms with E-state index in [-0.39, 0.29) is 46.2 Å². The standard InChI is InChI=1S/C23H17NO6.C8H7NO4/c25-21(26)13-9-14(22(27)28)11-15(10-13)24-23(29)30-12-20-18-7-3-1-5-16(18)17-6-2-4-8-19(17)20;9-6-2-4(7(10)11)1-5(3-6)8(12)13/h1-11,20H,12H2,(H,24,29)(H,25,26)(H,27,28);1-3H,9H2,(H,10,11)(H,12,13). The van der Waals surface area contributed by atoms with Gasteiger partial charge in [-0.25, -0.2) is 24.0 Å². The van der Waals surface area contributed by atoms with Gasteiger partial charge in [-0.05, 0) is 58.7 Å². The molecule has 0 aromatic heterocycles. The maximum Gasteiger partial charge on any atom is 0.411 e. The Bertz CT molecular complexity index is 1660. The Morgan fingerprint density at radius 1 is 0.628 bits per heavy atom. The van der Waals surface area contributed by atoms with Crippen LogP contribution in [0.2, 0.25) is 0 Å². The first kappa shape index (κ1) is 29.8.